The van der Waals surface area contributed by atoms with E-state index < -0.39 is 16.5 Å². The number of rotatable bonds is 3. The molecule has 144 valence electrons. The lowest BCUT2D eigenvalue weighted by Gasteiger charge is -2.10. The molecule has 0 radical (unpaired) electrons. The third-order valence-electron chi connectivity index (χ3n) is 4.41. The Labute approximate surface area is 167 Å². The number of hydrogen-bond acceptors (Lipinski definition) is 6. The molecule has 0 spiro atoms. The second kappa shape index (κ2) is 6.99. The number of halogens is 1. The molecular formula is C20H12ClN3O5. The van der Waals surface area contributed by atoms with Crippen LogP contribution in [0.5, 0.6) is 0 Å². The van der Waals surface area contributed by atoms with E-state index in [1.165, 1.54) is 18.2 Å². The van der Waals surface area contributed by atoms with Gasteiger partial charge < -0.3 is 9.73 Å². The number of carbonyl (C=O) groups excluding carboxylic acids is 1. The van der Waals surface area contributed by atoms with Crippen molar-refractivity contribution in [3.63, 3.8) is 0 Å². The van der Waals surface area contributed by atoms with Crippen LogP contribution in [0.2, 0.25) is 5.02 Å². The third-order valence-corrected chi connectivity index (χ3v) is 4.74. The Hall–Kier alpha value is -3.78. The number of carbonyl (C=O) groups is 1. The first kappa shape index (κ1) is 18.6. The number of nitro groups is 1. The Bertz CT molecular complexity index is 1380. The van der Waals surface area contributed by atoms with Crippen molar-refractivity contribution in [2.45, 2.75) is 6.92 Å². The van der Waals surface area contributed by atoms with Crippen LogP contribution in [0.15, 0.2) is 57.7 Å². The first-order valence-corrected chi connectivity index (χ1v) is 8.81. The quantitative estimate of drug-likeness (QED) is 0.231. The number of nitrogens with zero attached hydrogens (tertiary/aromatic N) is 2. The fourth-order valence-electron chi connectivity index (χ4n) is 3.08. The lowest BCUT2D eigenvalue weighted by Crippen LogP contribution is -2.15. The number of anilines is 1. The molecular weight excluding hydrogens is 398 g/mol. The molecule has 8 nitrogen and oxygen atoms in total. The highest BCUT2D eigenvalue weighted by molar-refractivity contribution is 6.34. The number of aromatic nitrogens is 1. The Morgan fingerprint density at radius 2 is 1.97 bits per heavy atom. The summed E-state index contributed by atoms with van der Waals surface area (Å²) in [6.07, 6.45) is 0. The predicted octanol–water partition coefficient (Wildman–Crippen LogP) is 4.46. The first-order chi connectivity index (χ1) is 13.8. The van der Waals surface area contributed by atoms with Crippen molar-refractivity contribution >= 4 is 50.9 Å². The number of non-ortho nitro benzene ring substituents is 1. The second-order valence-corrected chi connectivity index (χ2v) is 6.72. The van der Waals surface area contributed by atoms with Gasteiger partial charge in [0.1, 0.15) is 11.4 Å². The fraction of sp³-hybridized carbons (Fsp3) is 0.0500. The SMILES string of the molecule is Cc1cc(NC(=O)c2cc([N+](=O)[O-])ccc2Cl)nc2c1c(=O)oc1ccccc12. The van der Waals surface area contributed by atoms with Crippen molar-refractivity contribution in [1.82, 2.24) is 4.98 Å². The average Bonchev–Trinajstić information content (AvgIpc) is 2.67. The zero-order chi connectivity index (χ0) is 20.7. The van der Waals surface area contributed by atoms with Gasteiger partial charge >= 0.3 is 5.63 Å². The highest BCUT2D eigenvalue weighted by Crippen LogP contribution is 2.27. The number of para-hydroxylation sites is 1. The van der Waals surface area contributed by atoms with Gasteiger partial charge in [-0.3, -0.25) is 14.9 Å². The highest BCUT2D eigenvalue weighted by Gasteiger charge is 2.18. The Kier molecular flexibility index (Phi) is 4.48. The summed E-state index contributed by atoms with van der Waals surface area (Å²) in [6.45, 7) is 1.70. The van der Waals surface area contributed by atoms with Crippen LogP contribution in [0.4, 0.5) is 11.5 Å². The molecule has 1 amide bonds. The summed E-state index contributed by atoms with van der Waals surface area (Å²) in [4.78, 5) is 39.8. The summed E-state index contributed by atoms with van der Waals surface area (Å²) < 4.78 is 5.33. The van der Waals surface area contributed by atoms with Crippen molar-refractivity contribution in [3.8, 4) is 0 Å². The van der Waals surface area contributed by atoms with Gasteiger partial charge in [-0.15, -0.1) is 0 Å². The first-order valence-electron chi connectivity index (χ1n) is 8.43. The Morgan fingerprint density at radius 3 is 2.72 bits per heavy atom. The summed E-state index contributed by atoms with van der Waals surface area (Å²) in [5.74, 6) is -0.476. The van der Waals surface area contributed by atoms with Crippen LogP contribution in [0.25, 0.3) is 21.9 Å². The molecule has 0 aliphatic carbocycles. The van der Waals surface area contributed by atoms with Crippen LogP contribution >= 0.6 is 11.6 Å². The molecule has 0 atom stereocenters. The van der Waals surface area contributed by atoms with Crippen LogP contribution in [0.1, 0.15) is 15.9 Å². The van der Waals surface area contributed by atoms with Gasteiger partial charge in [0.25, 0.3) is 11.6 Å². The van der Waals surface area contributed by atoms with E-state index in [9.17, 15) is 19.7 Å². The van der Waals surface area contributed by atoms with Gasteiger partial charge in [-0.05, 0) is 36.8 Å². The predicted molar refractivity (Wildman–Crippen MR) is 109 cm³/mol. The zero-order valence-electron chi connectivity index (χ0n) is 14.9. The van der Waals surface area contributed by atoms with Gasteiger partial charge in [-0.25, -0.2) is 9.78 Å². The maximum absolute atomic E-state index is 12.6. The monoisotopic (exact) mass is 409 g/mol. The van der Waals surface area contributed by atoms with E-state index in [2.05, 4.69) is 10.3 Å². The maximum atomic E-state index is 12.6. The molecule has 29 heavy (non-hydrogen) atoms. The normalized spacial score (nSPS) is 11.0. The number of pyridine rings is 1. The molecule has 0 saturated heterocycles. The van der Waals surface area contributed by atoms with Gasteiger partial charge in [0, 0.05) is 17.5 Å². The molecule has 0 unspecified atom stereocenters. The van der Waals surface area contributed by atoms with E-state index >= 15 is 0 Å². The van der Waals surface area contributed by atoms with Crippen LogP contribution in [-0.2, 0) is 0 Å². The lowest BCUT2D eigenvalue weighted by molar-refractivity contribution is -0.384. The maximum Gasteiger partial charge on any atom is 0.346 e. The van der Waals surface area contributed by atoms with Crippen molar-refractivity contribution < 1.29 is 14.1 Å². The Balaban J connectivity index is 1.82. The standard InChI is InChI=1S/C20H12ClN3O5/c1-10-8-16(23-19(25)13-9-11(24(27)28)6-7-14(13)21)22-18-12-4-2-3-5-15(12)29-20(26)17(10)18/h2-9H,1H3,(H,22,23,25). The summed E-state index contributed by atoms with van der Waals surface area (Å²) in [6, 6.07) is 12.0. The minimum Gasteiger partial charge on any atom is -0.422 e. The molecule has 4 aromatic rings. The summed E-state index contributed by atoms with van der Waals surface area (Å²) >= 11 is 6.03. The van der Waals surface area contributed by atoms with E-state index in [0.717, 1.165) is 6.07 Å². The minimum absolute atomic E-state index is 0.0575. The van der Waals surface area contributed by atoms with Crippen LogP contribution in [-0.4, -0.2) is 15.8 Å². The average molecular weight is 410 g/mol. The minimum atomic E-state index is -0.655. The Morgan fingerprint density at radius 1 is 1.21 bits per heavy atom. The molecule has 9 heteroatoms. The second-order valence-electron chi connectivity index (χ2n) is 6.31. The van der Waals surface area contributed by atoms with E-state index in [1.54, 1.807) is 31.2 Å². The molecule has 2 heterocycles. The molecule has 0 aliphatic rings. The highest BCUT2D eigenvalue weighted by atomic mass is 35.5. The van der Waals surface area contributed by atoms with E-state index in [1.807, 2.05) is 0 Å². The molecule has 0 saturated carbocycles. The molecule has 4 rings (SSSR count). The topological polar surface area (TPSA) is 115 Å². The summed E-state index contributed by atoms with van der Waals surface area (Å²) in [7, 11) is 0. The lowest BCUT2D eigenvalue weighted by atomic mass is 10.1. The van der Waals surface area contributed by atoms with Gasteiger partial charge in [0.2, 0.25) is 0 Å². The number of nitro benzene ring substituents is 1. The van der Waals surface area contributed by atoms with Gasteiger partial charge in [0.05, 0.1) is 26.4 Å². The van der Waals surface area contributed by atoms with Crippen LogP contribution < -0.4 is 10.9 Å². The van der Waals surface area contributed by atoms with E-state index in [4.69, 9.17) is 16.0 Å². The van der Waals surface area contributed by atoms with Crippen molar-refractivity contribution in [2.24, 2.45) is 0 Å². The fourth-order valence-corrected chi connectivity index (χ4v) is 3.28. The summed E-state index contributed by atoms with van der Waals surface area (Å²) in [5.41, 5.74) is 0.487. The molecule has 0 aliphatic heterocycles. The van der Waals surface area contributed by atoms with Crippen molar-refractivity contribution in [2.75, 3.05) is 5.32 Å². The van der Waals surface area contributed by atoms with Crippen molar-refractivity contribution in [1.29, 1.82) is 0 Å². The number of amides is 1. The number of hydrogen-bond donors (Lipinski definition) is 1. The van der Waals surface area contributed by atoms with E-state index in [0.29, 0.717) is 27.4 Å². The molecule has 0 bridgehead atoms. The van der Waals surface area contributed by atoms with Gasteiger partial charge in [-0.1, -0.05) is 23.7 Å². The number of nitrogens with one attached hydrogen (secondary N) is 1. The van der Waals surface area contributed by atoms with Gasteiger partial charge in [0.15, 0.2) is 0 Å². The number of aryl methyl sites for hydroxylation is 1. The zero-order valence-corrected chi connectivity index (χ0v) is 15.7. The molecule has 1 N–H and O–H groups in total. The van der Waals surface area contributed by atoms with Crippen LogP contribution in [0, 0.1) is 17.0 Å². The largest absolute Gasteiger partial charge is 0.422 e. The molecule has 2 aromatic carbocycles. The van der Waals surface area contributed by atoms with Gasteiger partial charge in [-0.2, -0.15) is 0 Å². The third kappa shape index (κ3) is 3.30. The van der Waals surface area contributed by atoms with E-state index in [-0.39, 0.29) is 22.1 Å². The van der Waals surface area contributed by atoms with Crippen molar-refractivity contribution in [3.05, 3.63) is 85.2 Å². The molecule has 0 fully saturated rings. The smallest absolute Gasteiger partial charge is 0.346 e. The number of fused-ring (bicyclic) bond motifs is 3. The van der Waals surface area contributed by atoms with Crippen LogP contribution in [0.3, 0.4) is 0 Å². The number of benzene rings is 2. The molecule has 2 aromatic heterocycles. The summed E-state index contributed by atoms with van der Waals surface area (Å²) in [5, 5.41) is 14.6.